The molecule has 1 saturated heterocycles. The van der Waals surface area contributed by atoms with Gasteiger partial charge in [-0.2, -0.15) is 5.26 Å². The second-order valence-electron chi connectivity index (χ2n) is 8.36. The standard InChI is InChI=1S/C24H24N4O2S/c25-14-18(21(29)15-8-10-16(11-9-15)28-12-4-1-5-13-28)22-26-23(30)20-17-6-2-3-7-19(17)31-24(20)27-22/h8-11,18H,1-7,12-13H2,(H,26,27,30)/t18-/m0/s1. The first-order chi connectivity index (χ1) is 15.2. The molecule has 0 bridgehead atoms. The predicted octanol–water partition coefficient (Wildman–Crippen LogP) is 4.34. The molecule has 3 heterocycles. The number of nitrogens with one attached hydrogen (secondary N) is 1. The van der Waals surface area contributed by atoms with Gasteiger partial charge in [0.25, 0.3) is 5.56 Å². The van der Waals surface area contributed by atoms with E-state index in [9.17, 15) is 14.9 Å². The van der Waals surface area contributed by atoms with E-state index in [-0.39, 0.29) is 17.2 Å². The first-order valence-electron chi connectivity index (χ1n) is 11.0. The van der Waals surface area contributed by atoms with E-state index in [1.54, 1.807) is 12.1 Å². The number of aromatic amines is 1. The molecule has 2 aliphatic rings. The summed E-state index contributed by atoms with van der Waals surface area (Å²) in [5.41, 5.74) is 2.41. The van der Waals surface area contributed by atoms with Gasteiger partial charge in [0, 0.05) is 29.2 Å². The van der Waals surface area contributed by atoms with Gasteiger partial charge in [-0.05, 0) is 74.8 Å². The fraction of sp³-hybridized carbons (Fsp3) is 0.417. The van der Waals surface area contributed by atoms with Crippen molar-refractivity contribution in [3.63, 3.8) is 0 Å². The highest BCUT2D eigenvalue weighted by Crippen LogP contribution is 2.34. The van der Waals surface area contributed by atoms with Crippen molar-refractivity contribution in [3.05, 3.63) is 56.4 Å². The molecule has 158 valence electrons. The number of nitriles is 1. The Morgan fingerprint density at radius 2 is 1.84 bits per heavy atom. The molecule has 0 unspecified atom stereocenters. The number of nitrogens with zero attached hydrogens (tertiary/aromatic N) is 3. The number of Topliss-reactive ketones (excluding diaryl/α,β-unsaturated/α-hetero) is 1. The molecule has 1 fully saturated rings. The number of thiophene rings is 1. The molecule has 7 heteroatoms. The second-order valence-corrected chi connectivity index (χ2v) is 9.45. The van der Waals surface area contributed by atoms with Gasteiger partial charge in [0.2, 0.25) is 0 Å². The average Bonchev–Trinajstić information content (AvgIpc) is 3.19. The number of anilines is 1. The van der Waals surface area contributed by atoms with Crippen molar-refractivity contribution >= 4 is 33.0 Å². The van der Waals surface area contributed by atoms with Crippen molar-refractivity contribution in [2.24, 2.45) is 0 Å². The Hall–Kier alpha value is -2.98. The van der Waals surface area contributed by atoms with Crippen LogP contribution < -0.4 is 10.5 Å². The summed E-state index contributed by atoms with van der Waals surface area (Å²) < 4.78 is 0. The van der Waals surface area contributed by atoms with Crippen LogP contribution in [-0.2, 0) is 12.8 Å². The molecule has 0 amide bonds. The highest BCUT2D eigenvalue weighted by Gasteiger charge is 2.27. The van der Waals surface area contributed by atoms with Crippen LogP contribution in [0.3, 0.4) is 0 Å². The van der Waals surface area contributed by atoms with Crippen LogP contribution in [0.1, 0.15) is 64.6 Å². The number of carbonyl (C=O) groups excluding carboxylic acids is 1. The van der Waals surface area contributed by atoms with E-state index in [1.165, 1.54) is 35.5 Å². The van der Waals surface area contributed by atoms with Crippen LogP contribution in [0.25, 0.3) is 10.2 Å². The zero-order valence-corrected chi connectivity index (χ0v) is 18.1. The Kier molecular flexibility index (Phi) is 5.33. The lowest BCUT2D eigenvalue weighted by molar-refractivity contribution is 0.0976. The predicted molar refractivity (Wildman–Crippen MR) is 122 cm³/mol. The van der Waals surface area contributed by atoms with Crippen molar-refractivity contribution < 1.29 is 4.79 Å². The summed E-state index contributed by atoms with van der Waals surface area (Å²) in [6.45, 7) is 2.06. The maximum Gasteiger partial charge on any atom is 0.259 e. The maximum absolute atomic E-state index is 13.1. The second kappa shape index (κ2) is 8.27. The fourth-order valence-electron chi connectivity index (χ4n) is 4.72. The largest absolute Gasteiger partial charge is 0.372 e. The van der Waals surface area contributed by atoms with Crippen LogP contribution in [0.15, 0.2) is 29.1 Å². The molecule has 0 radical (unpaired) electrons. The number of hydrogen-bond acceptors (Lipinski definition) is 6. The van der Waals surface area contributed by atoms with Gasteiger partial charge in [0.15, 0.2) is 11.7 Å². The van der Waals surface area contributed by atoms with Gasteiger partial charge < -0.3 is 9.88 Å². The van der Waals surface area contributed by atoms with E-state index in [2.05, 4.69) is 20.9 Å². The third-order valence-electron chi connectivity index (χ3n) is 6.38. The molecule has 2 aromatic heterocycles. The SMILES string of the molecule is N#C[C@@H](C(=O)c1ccc(N2CCCCC2)cc1)c1nc2sc3c(c2c(=O)[nH]1)CCCC3. The van der Waals surface area contributed by atoms with Crippen molar-refractivity contribution in [1.29, 1.82) is 5.26 Å². The maximum atomic E-state index is 13.1. The normalized spacial score (nSPS) is 17.2. The minimum absolute atomic E-state index is 0.142. The van der Waals surface area contributed by atoms with Crippen LogP contribution in [0.2, 0.25) is 0 Å². The Morgan fingerprint density at radius 3 is 2.58 bits per heavy atom. The van der Waals surface area contributed by atoms with Gasteiger partial charge in [-0.25, -0.2) is 4.98 Å². The van der Waals surface area contributed by atoms with Crippen molar-refractivity contribution in [1.82, 2.24) is 9.97 Å². The zero-order valence-electron chi connectivity index (χ0n) is 17.3. The number of ketones is 1. The lowest BCUT2D eigenvalue weighted by Crippen LogP contribution is -2.29. The lowest BCUT2D eigenvalue weighted by atomic mass is 9.96. The molecule has 0 spiro atoms. The first kappa shape index (κ1) is 20.0. The first-order valence-corrected chi connectivity index (χ1v) is 11.8. The van der Waals surface area contributed by atoms with E-state index in [0.717, 1.165) is 50.0 Å². The molecular weight excluding hydrogens is 408 g/mol. The molecule has 1 aromatic carbocycles. The molecule has 1 N–H and O–H groups in total. The quantitative estimate of drug-likeness (QED) is 0.619. The van der Waals surface area contributed by atoms with Crippen LogP contribution in [-0.4, -0.2) is 28.8 Å². The number of fused-ring (bicyclic) bond motifs is 3. The molecule has 1 aliphatic heterocycles. The smallest absolute Gasteiger partial charge is 0.259 e. The van der Waals surface area contributed by atoms with Gasteiger partial charge in [0.05, 0.1) is 11.5 Å². The molecule has 0 saturated carbocycles. The van der Waals surface area contributed by atoms with Gasteiger partial charge in [-0.15, -0.1) is 11.3 Å². The number of hydrogen-bond donors (Lipinski definition) is 1. The Morgan fingerprint density at radius 1 is 1.10 bits per heavy atom. The van der Waals surface area contributed by atoms with Gasteiger partial charge in [0.1, 0.15) is 10.7 Å². The highest BCUT2D eigenvalue weighted by atomic mass is 32.1. The molecule has 5 rings (SSSR count). The number of H-pyrrole nitrogens is 1. The minimum Gasteiger partial charge on any atom is -0.372 e. The fourth-order valence-corrected chi connectivity index (χ4v) is 5.99. The molecule has 1 aliphatic carbocycles. The highest BCUT2D eigenvalue weighted by molar-refractivity contribution is 7.18. The summed E-state index contributed by atoms with van der Waals surface area (Å²) in [6.07, 6.45) is 7.69. The number of benzene rings is 1. The van der Waals surface area contributed by atoms with Crippen LogP contribution in [0, 0.1) is 11.3 Å². The number of piperidine rings is 1. The topological polar surface area (TPSA) is 89.8 Å². The Balaban J connectivity index is 1.45. The summed E-state index contributed by atoms with van der Waals surface area (Å²) in [4.78, 5) is 37.4. The van der Waals surface area contributed by atoms with E-state index in [4.69, 9.17) is 0 Å². The summed E-state index contributed by atoms with van der Waals surface area (Å²) in [7, 11) is 0. The van der Waals surface area contributed by atoms with Crippen LogP contribution in [0.5, 0.6) is 0 Å². The van der Waals surface area contributed by atoms with Gasteiger partial charge in [-0.1, -0.05) is 0 Å². The summed E-state index contributed by atoms with van der Waals surface area (Å²) in [6, 6.07) is 9.50. The van der Waals surface area contributed by atoms with Crippen molar-refractivity contribution in [2.45, 2.75) is 50.9 Å². The van der Waals surface area contributed by atoms with Crippen molar-refractivity contribution in [3.8, 4) is 6.07 Å². The van der Waals surface area contributed by atoms with E-state index >= 15 is 0 Å². The van der Waals surface area contributed by atoms with E-state index < -0.39 is 5.92 Å². The summed E-state index contributed by atoms with van der Waals surface area (Å²) >= 11 is 1.52. The number of carbonyl (C=O) groups is 1. The Labute approximate surface area is 184 Å². The molecule has 31 heavy (non-hydrogen) atoms. The molecule has 6 nitrogen and oxygen atoms in total. The van der Waals surface area contributed by atoms with Gasteiger partial charge >= 0.3 is 0 Å². The molecular formula is C24H24N4O2S. The summed E-state index contributed by atoms with van der Waals surface area (Å²) in [5, 5.41) is 10.4. The van der Waals surface area contributed by atoms with E-state index in [0.29, 0.717) is 15.8 Å². The lowest BCUT2D eigenvalue weighted by Gasteiger charge is -2.28. The Bertz CT molecular complexity index is 1230. The third-order valence-corrected chi connectivity index (χ3v) is 7.57. The average molecular weight is 433 g/mol. The third kappa shape index (κ3) is 3.66. The van der Waals surface area contributed by atoms with Gasteiger partial charge in [-0.3, -0.25) is 9.59 Å². The number of aryl methyl sites for hydroxylation is 2. The molecule has 3 aromatic rings. The van der Waals surface area contributed by atoms with E-state index in [1.807, 2.05) is 12.1 Å². The minimum atomic E-state index is -1.13. The summed E-state index contributed by atoms with van der Waals surface area (Å²) in [5.74, 6) is -1.32. The number of aromatic nitrogens is 2. The number of rotatable bonds is 4. The van der Waals surface area contributed by atoms with Crippen LogP contribution in [0.4, 0.5) is 5.69 Å². The zero-order chi connectivity index (χ0) is 21.4. The van der Waals surface area contributed by atoms with Crippen molar-refractivity contribution in [2.75, 3.05) is 18.0 Å². The molecule has 1 atom stereocenters. The van der Waals surface area contributed by atoms with Crippen LogP contribution >= 0.6 is 11.3 Å². The monoisotopic (exact) mass is 432 g/mol.